The highest BCUT2D eigenvalue weighted by Gasteiger charge is 2.19. The third kappa shape index (κ3) is 2.75. The molecule has 1 unspecified atom stereocenters. The van der Waals surface area contributed by atoms with Gasteiger partial charge in [0.15, 0.2) is 0 Å². The molecule has 106 valence electrons. The second kappa shape index (κ2) is 5.92. The topological polar surface area (TPSA) is 38.7 Å². The summed E-state index contributed by atoms with van der Waals surface area (Å²) >= 11 is 0. The largest absolute Gasteiger partial charge is 0.497 e. The van der Waals surface area contributed by atoms with Crippen molar-refractivity contribution >= 4 is 0 Å². The van der Waals surface area contributed by atoms with Crippen molar-refractivity contribution in [2.45, 2.75) is 13.0 Å². The molecular weight excluding hydrogens is 259 g/mol. The van der Waals surface area contributed by atoms with Gasteiger partial charge in [0, 0.05) is 17.2 Å². The number of hydrogen-bond donors (Lipinski definition) is 1. The monoisotopic (exact) mass is 276 g/mol. The van der Waals surface area contributed by atoms with Gasteiger partial charge in [-0.3, -0.25) is 0 Å². The highest BCUT2D eigenvalue weighted by Crippen LogP contribution is 2.32. The molecule has 1 N–H and O–H groups in total. The maximum Gasteiger partial charge on any atom is 0.133 e. The van der Waals surface area contributed by atoms with Crippen molar-refractivity contribution in [1.29, 1.82) is 0 Å². The van der Waals surface area contributed by atoms with Crippen LogP contribution in [-0.4, -0.2) is 19.3 Å². The average molecular weight is 276 g/mol. The third-order valence-corrected chi connectivity index (χ3v) is 3.19. The summed E-state index contributed by atoms with van der Waals surface area (Å²) in [6, 6.07) is 9.77. The van der Waals surface area contributed by atoms with Crippen molar-refractivity contribution in [1.82, 2.24) is 0 Å². The van der Waals surface area contributed by atoms with E-state index in [1.54, 1.807) is 18.2 Å². The number of aryl methyl sites for hydroxylation is 1. The number of aliphatic hydroxyl groups excluding tert-OH is 1. The number of rotatable bonds is 4. The number of benzene rings is 2. The highest BCUT2D eigenvalue weighted by atomic mass is 19.1. The van der Waals surface area contributed by atoms with Crippen molar-refractivity contribution in [3.63, 3.8) is 0 Å². The van der Waals surface area contributed by atoms with Gasteiger partial charge in [-0.25, -0.2) is 4.39 Å². The minimum atomic E-state index is -1.09. The van der Waals surface area contributed by atoms with Crippen LogP contribution in [0.5, 0.6) is 11.5 Å². The minimum absolute atomic E-state index is 0.188. The van der Waals surface area contributed by atoms with E-state index in [1.807, 2.05) is 13.0 Å². The molecule has 0 radical (unpaired) electrons. The van der Waals surface area contributed by atoms with Crippen LogP contribution in [0, 0.1) is 12.7 Å². The Labute approximate surface area is 117 Å². The van der Waals surface area contributed by atoms with Gasteiger partial charge in [0.2, 0.25) is 0 Å². The molecule has 2 rings (SSSR count). The van der Waals surface area contributed by atoms with Gasteiger partial charge in [-0.05, 0) is 30.7 Å². The molecule has 0 saturated carbocycles. The minimum Gasteiger partial charge on any atom is -0.497 e. The Balaban J connectivity index is 2.43. The van der Waals surface area contributed by atoms with Crippen molar-refractivity contribution in [3.05, 3.63) is 58.9 Å². The zero-order valence-electron chi connectivity index (χ0n) is 11.7. The van der Waals surface area contributed by atoms with E-state index in [4.69, 9.17) is 9.47 Å². The second-order valence-corrected chi connectivity index (χ2v) is 4.54. The number of methoxy groups -OCH3 is 2. The van der Waals surface area contributed by atoms with Gasteiger partial charge in [0.25, 0.3) is 0 Å². The molecule has 0 aromatic heterocycles. The van der Waals surface area contributed by atoms with E-state index in [0.29, 0.717) is 17.1 Å². The molecule has 0 saturated heterocycles. The zero-order chi connectivity index (χ0) is 14.7. The predicted molar refractivity (Wildman–Crippen MR) is 74.7 cm³/mol. The van der Waals surface area contributed by atoms with E-state index in [0.717, 1.165) is 5.56 Å². The lowest BCUT2D eigenvalue weighted by atomic mass is 9.99. The van der Waals surface area contributed by atoms with Gasteiger partial charge in [-0.1, -0.05) is 12.1 Å². The molecular formula is C16H17FO3. The molecule has 0 aliphatic rings. The summed E-state index contributed by atoms with van der Waals surface area (Å²) < 4.78 is 24.2. The molecule has 0 amide bonds. The summed E-state index contributed by atoms with van der Waals surface area (Å²) in [6.07, 6.45) is -1.09. The van der Waals surface area contributed by atoms with Crippen LogP contribution in [0.15, 0.2) is 36.4 Å². The van der Waals surface area contributed by atoms with Crippen molar-refractivity contribution in [2.24, 2.45) is 0 Å². The highest BCUT2D eigenvalue weighted by molar-refractivity contribution is 5.43. The maximum absolute atomic E-state index is 14.0. The molecule has 4 heteroatoms. The Morgan fingerprint density at radius 1 is 1.00 bits per heavy atom. The van der Waals surface area contributed by atoms with Gasteiger partial charge in [-0.15, -0.1) is 0 Å². The van der Waals surface area contributed by atoms with E-state index in [-0.39, 0.29) is 5.56 Å². The predicted octanol–water partition coefficient (Wildman–Crippen LogP) is 3.23. The smallest absolute Gasteiger partial charge is 0.133 e. The number of ether oxygens (including phenoxy) is 2. The summed E-state index contributed by atoms with van der Waals surface area (Å²) in [6.45, 7) is 1.92. The number of halogens is 1. The zero-order valence-corrected chi connectivity index (χ0v) is 11.7. The van der Waals surface area contributed by atoms with Gasteiger partial charge in [0.05, 0.1) is 14.2 Å². The first-order valence-electron chi connectivity index (χ1n) is 6.23. The lowest BCUT2D eigenvalue weighted by molar-refractivity contribution is 0.209. The third-order valence-electron chi connectivity index (χ3n) is 3.19. The van der Waals surface area contributed by atoms with Crippen LogP contribution < -0.4 is 9.47 Å². The van der Waals surface area contributed by atoms with Crippen LogP contribution >= 0.6 is 0 Å². The molecule has 0 spiro atoms. The number of aliphatic hydroxyl groups is 1. The molecule has 3 nitrogen and oxygen atoms in total. The van der Waals surface area contributed by atoms with Crippen LogP contribution in [0.2, 0.25) is 0 Å². The van der Waals surface area contributed by atoms with Crippen LogP contribution in [0.1, 0.15) is 22.8 Å². The molecule has 2 aromatic rings. The van der Waals surface area contributed by atoms with E-state index in [9.17, 15) is 9.50 Å². The molecule has 0 aliphatic heterocycles. The molecule has 2 aromatic carbocycles. The van der Waals surface area contributed by atoms with E-state index in [2.05, 4.69) is 0 Å². The van der Waals surface area contributed by atoms with Gasteiger partial charge in [0.1, 0.15) is 23.4 Å². The van der Waals surface area contributed by atoms with Crippen LogP contribution in [-0.2, 0) is 0 Å². The Kier molecular flexibility index (Phi) is 4.25. The Morgan fingerprint density at radius 2 is 1.70 bits per heavy atom. The summed E-state index contributed by atoms with van der Waals surface area (Å²) in [5.41, 5.74) is 1.73. The second-order valence-electron chi connectivity index (χ2n) is 4.54. The van der Waals surface area contributed by atoms with Crippen molar-refractivity contribution in [3.8, 4) is 11.5 Å². The van der Waals surface area contributed by atoms with Crippen LogP contribution in [0.25, 0.3) is 0 Å². The number of hydrogen-bond acceptors (Lipinski definition) is 3. The van der Waals surface area contributed by atoms with Gasteiger partial charge >= 0.3 is 0 Å². The van der Waals surface area contributed by atoms with Crippen LogP contribution in [0.3, 0.4) is 0 Å². The fourth-order valence-corrected chi connectivity index (χ4v) is 2.07. The first kappa shape index (κ1) is 14.3. The first-order chi connectivity index (χ1) is 9.56. The van der Waals surface area contributed by atoms with Crippen molar-refractivity contribution < 1.29 is 19.0 Å². The molecule has 0 aliphatic carbocycles. The average Bonchev–Trinajstić information content (AvgIpc) is 2.46. The summed E-state index contributed by atoms with van der Waals surface area (Å²) in [5, 5.41) is 10.4. The normalized spacial score (nSPS) is 12.1. The maximum atomic E-state index is 14.0. The van der Waals surface area contributed by atoms with Gasteiger partial charge < -0.3 is 14.6 Å². The summed E-state index contributed by atoms with van der Waals surface area (Å²) in [4.78, 5) is 0. The Bertz CT molecular complexity index is 611. The van der Waals surface area contributed by atoms with E-state index in [1.165, 1.54) is 26.4 Å². The molecule has 1 atom stereocenters. The SMILES string of the molecule is COc1ccc(C(O)c2ccc(C)cc2OC)c(F)c1. The lowest BCUT2D eigenvalue weighted by Crippen LogP contribution is -2.05. The molecule has 0 bridgehead atoms. The van der Waals surface area contributed by atoms with Gasteiger partial charge in [-0.2, -0.15) is 0 Å². The molecule has 0 heterocycles. The summed E-state index contributed by atoms with van der Waals surface area (Å²) in [7, 11) is 2.99. The van der Waals surface area contributed by atoms with E-state index >= 15 is 0 Å². The van der Waals surface area contributed by atoms with Crippen LogP contribution in [0.4, 0.5) is 4.39 Å². The quantitative estimate of drug-likeness (QED) is 0.931. The Morgan fingerprint density at radius 3 is 2.30 bits per heavy atom. The Hall–Kier alpha value is -2.07. The van der Waals surface area contributed by atoms with Crippen molar-refractivity contribution in [2.75, 3.05) is 14.2 Å². The molecule has 20 heavy (non-hydrogen) atoms. The summed E-state index contributed by atoms with van der Waals surface area (Å²) in [5.74, 6) is 0.432. The fraction of sp³-hybridized carbons (Fsp3) is 0.250. The standard InChI is InChI=1S/C16H17FO3/c1-10-4-6-13(15(8-10)20-3)16(18)12-7-5-11(19-2)9-14(12)17/h4-9,16,18H,1-3H3. The van der Waals surface area contributed by atoms with E-state index < -0.39 is 11.9 Å². The fourth-order valence-electron chi connectivity index (χ4n) is 2.07. The molecule has 0 fully saturated rings. The first-order valence-corrected chi connectivity index (χ1v) is 6.23. The lowest BCUT2D eigenvalue weighted by Gasteiger charge is -2.16.